The van der Waals surface area contributed by atoms with E-state index < -0.39 is 5.69 Å². The third kappa shape index (κ3) is 4.56. The monoisotopic (exact) mass is 422 g/mol. The zero-order chi connectivity index (χ0) is 22.1. The number of morpholine rings is 1. The van der Waals surface area contributed by atoms with Crippen molar-refractivity contribution < 1.29 is 9.53 Å². The molecule has 0 aliphatic carbocycles. The number of carbonyl (C=O) groups excluding carboxylic acids is 1. The van der Waals surface area contributed by atoms with Gasteiger partial charge in [0.25, 0.3) is 0 Å². The van der Waals surface area contributed by atoms with Gasteiger partial charge in [-0.2, -0.15) is 10.1 Å². The van der Waals surface area contributed by atoms with Gasteiger partial charge in [0.1, 0.15) is 12.6 Å². The molecule has 1 aliphatic heterocycles. The molecule has 1 aliphatic rings. The Kier molecular flexibility index (Phi) is 5.69. The summed E-state index contributed by atoms with van der Waals surface area (Å²) in [5.74, 6) is -0.135. The first-order valence-electron chi connectivity index (χ1n) is 10.2. The van der Waals surface area contributed by atoms with Gasteiger partial charge in [-0.25, -0.2) is 4.79 Å². The average Bonchev–Trinajstić information content (AvgIpc) is 3.16. The Morgan fingerprint density at radius 3 is 2.61 bits per heavy atom. The number of nitrogens with zero attached hydrogens (tertiary/aromatic N) is 6. The van der Waals surface area contributed by atoms with Crippen LogP contribution in [0.1, 0.15) is 28.9 Å². The SMILES string of the molecule is Cc1cc(-c2cnn(C)c2)cc([C@H]2CN(C(=O)Cn3c(C)cc(C)nc3=O)CCO2)n1. The van der Waals surface area contributed by atoms with Gasteiger partial charge < -0.3 is 9.64 Å². The van der Waals surface area contributed by atoms with E-state index in [0.717, 1.165) is 28.2 Å². The van der Waals surface area contributed by atoms with Gasteiger partial charge in [-0.05, 0) is 44.5 Å². The van der Waals surface area contributed by atoms with Gasteiger partial charge in [0.2, 0.25) is 5.91 Å². The molecule has 0 unspecified atom stereocenters. The lowest BCUT2D eigenvalue weighted by atomic mass is 10.1. The molecule has 0 radical (unpaired) electrons. The van der Waals surface area contributed by atoms with E-state index in [1.54, 1.807) is 22.6 Å². The van der Waals surface area contributed by atoms with Gasteiger partial charge in [-0.3, -0.25) is 19.0 Å². The van der Waals surface area contributed by atoms with Crippen LogP contribution in [-0.4, -0.2) is 54.8 Å². The summed E-state index contributed by atoms with van der Waals surface area (Å²) < 4.78 is 9.11. The fourth-order valence-electron chi connectivity index (χ4n) is 3.85. The Balaban J connectivity index is 1.53. The molecule has 1 amide bonds. The van der Waals surface area contributed by atoms with Gasteiger partial charge in [-0.15, -0.1) is 0 Å². The number of carbonyl (C=O) groups is 1. The molecule has 0 saturated carbocycles. The minimum atomic E-state index is -0.405. The second-order valence-electron chi connectivity index (χ2n) is 7.93. The van der Waals surface area contributed by atoms with Gasteiger partial charge in [0, 0.05) is 42.4 Å². The Bertz CT molecular complexity index is 1180. The molecule has 3 aromatic heterocycles. The van der Waals surface area contributed by atoms with E-state index in [1.807, 2.05) is 45.4 Å². The van der Waals surface area contributed by atoms with Crippen molar-refractivity contribution in [3.63, 3.8) is 0 Å². The molecule has 4 rings (SSSR count). The number of hydrogen-bond acceptors (Lipinski definition) is 6. The summed E-state index contributed by atoms with van der Waals surface area (Å²) in [7, 11) is 1.88. The molecule has 1 saturated heterocycles. The number of pyridine rings is 1. The first kappa shape index (κ1) is 20.9. The number of aryl methyl sites for hydroxylation is 4. The fourth-order valence-corrected chi connectivity index (χ4v) is 3.85. The van der Waals surface area contributed by atoms with Gasteiger partial charge in [0.05, 0.1) is 25.0 Å². The lowest BCUT2D eigenvalue weighted by Crippen LogP contribution is -2.45. The topological polar surface area (TPSA) is 95.1 Å². The minimum Gasteiger partial charge on any atom is -0.368 e. The predicted octanol–water partition coefficient (Wildman–Crippen LogP) is 1.56. The largest absolute Gasteiger partial charge is 0.368 e. The van der Waals surface area contributed by atoms with Crippen molar-refractivity contribution in [1.82, 2.24) is 29.2 Å². The van der Waals surface area contributed by atoms with E-state index in [1.165, 1.54) is 4.57 Å². The minimum absolute atomic E-state index is 0.0349. The second-order valence-corrected chi connectivity index (χ2v) is 7.93. The molecule has 31 heavy (non-hydrogen) atoms. The Labute approximate surface area is 180 Å². The molecule has 0 N–H and O–H groups in total. The van der Waals surface area contributed by atoms with Crippen LogP contribution in [0.3, 0.4) is 0 Å². The maximum atomic E-state index is 12.9. The maximum Gasteiger partial charge on any atom is 0.348 e. The van der Waals surface area contributed by atoms with Crippen molar-refractivity contribution in [2.75, 3.05) is 19.7 Å². The number of amides is 1. The smallest absolute Gasteiger partial charge is 0.348 e. The van der Waals surface area contributed by atoms with Crippen LogP contribution in [0.2, 0.25) is 0 Å². The highest BCUT2D eigenvalue weighted by molar-refractivity contribution is 5.76. The summed E-state index contributed by atoms with van der Waals surface area (Å²) in [4.78, 5) is 35.5. The second kappa shape index (κ2) is 8.43. The van der Waals surface area contributed by atoms with Crippen molar-refractivity contribution in [2.24, 2.45) is 7.05 Å². The fraction of sp³-hybridized carbons (Fsp3) is 0.409. The zero-order valence-corrected chi connectivity index (χ0v) is 18.2. The molecule has 3 aromatic rings. The summed E-state index contributed by atoms with van der Waals surface area (Å²) in [6, 6.07) is 5.79. The van der Waals surface area contributed by atoms with E-state index in [9.17, 15) is 9.59 Å². The van der Waals surface area contributed by atoms with Gasteiger partial charge >= 0.3 is 5.69 Å². The first-order valence-corrected chi connectivity index (χ1v) is 10.2. The van der Waals surface area contributed by atoms with Crippen LogP contribution in [-0.2, 0) is 23.1 Å². The number of ether oxygens (including phenoxy) is 1. The molecular formula is C22H26N6O3. The van der Waals surface area contributed by atoms with Crippen LogP contribution < -0.4 is 5.69 Å². The Morgan fingerprint density at radius 2 is 1.90 bits per heavy atom. The zero-order valence-electron chi connectivity index (χ0n) is 18.2. The highest BCUT2D eigenvalue weighted by Crippen LogP contribution is 2.26. The molecule has 9 nitrogen and oxygen atoms in total. The van der Waals surface area contributed by atoms with E-state index in [4.69, 9.17) is 4.74 Å². The van der Waals surface area contributed by atoms with E-state index in [-0.39, 0.29) is 18.6 Å². The summed E-state index contributed by atoms with van der Waals surface area (Å²) in [6.45, 7) is 6.75. The molecule has 4 heterocycles. The molecule has 162 valence electrons. The van der Waals surface area contributed by atoms with E-state index >= 15 is 0 Å². The summed E-state index contributed by atoms with van der Waals surface area (Å²) in [5, 5.41) is 4.24. The van der Waals surface area contributed by atoms with Crippen LogP contribution in [0.5, 0.6) is 0 Å². The lowest BCUT2D eigenvalue weighted by molar-refractivity contribution is -0.139. The quantitative estimate of drug-likeness (QED) is 0.633. The van der Waals surface area contributed by atoms with Crippen molar-refractivity contribution >= 4 is 5.91 Å². The molecular weight excluding hydrogens is 396 g/mol. The standard InChI is InChI=1S/C22H26N6O3/c1-14-7-16(3)28(22(30)25-14)13-21(29)27-5-6-31-20(12-27)19-9-17(8-15(2)24-19)18-10-23-26(4)11-18/h7-11,20H,5-6,12-13H2,1-4H3/t20-/m1/s1. The van der Waals surface area contributed by atoms with Crippen LogP contribution in [0.15, 0.2) is 35.4 Å². The lowest BCUT2D eigenvalue weighted by Gasteiger charge is -2.33. The van der Waals surface area contributed by atoms with Gasteiger partial charge in [0.15, 0.2) is 0 Å². The number of aromatic nitrogens is 5. The number of rotatable bonds is 4. The maximum absolute atomic E-state index is 12.9. The normalized spacial score (nSPS) is 16.5. The van der Waals surface area contributed by atoms with Gasteiger partial charge in [-0.1, -0.05) is 0 Å². The van der Waals surface area contributed by atoms with Crippen molar-refractivity contribution in [1.29, 1.82) is 0 Å². The molecule has 1 atom stereocenters. The van der Waals surface area contributed by atoms with Crippen LogP contribution in [0.4, 0.5) is 0 Å². The van der Waals surface area contributed by atoms with Crippen LogP contribution in [0.25, 0.3) is 11.1 Å². The molecule has 9 heteroatoms. The Hall–Kier alpha value is -3.33. The molecule has 0 spiro atoms. The summed E-state index contributed by atoms with van der Waals surface area (Å²) in [6.07, 6.45) is 3.43. The molecule has 0 bridgehead atoms. The van der Waals surface area contributed by atoms with Crippen molar-refractivity contribution in [3.8, 4) is 11.1 Å². The third-order valence-electron chi connectivity index (χ3n) is 5.40. The highest BCUT2D eigenvalue weighted by atomic mass is 16.5. The van der Waals surface area contributed by atoms with Crippen molar-refractivity contribution in [2.45, 2.75) is 33.4 Å². The van der Waals surface area contributed by atoms with Crippen LogP contribution in [0, 0.1) is 20.8 Å². The molecule has 0 aromatic carbocycles. The third-order valence-corrected chi connectivity index (χ3v) is 5.40. The van der Waals surface area contributed by atoms with Crippen LogP contribution >= 0.6 is 0 Å². The van der Waals surface area contributed by atoms with E-state index in [0.29, 0.717) is 25.4 Å². The average molecular weight is 422 g/mol. The van der Waals surface area contributed by atoms with Crippen molar-refractivity contribution in [3.05, 3.63) is 63.9 Å². The summed E-state index contributed by atoms with van der Waals surface area (Å²) >= 11 is 0. The van der Waals surface area contributed by atoms with E-state index in [2.05, 4.69) is 15.1 Å². The predicted molar refractivity (Wildman–Crippen MR) is 114 cm³/mol. The first-order chi connectivity index (χ1) is 14.8. The Morgan fingerprint density at radius 1 is 1.13 bits per heavy atom. The number of hydrogen-bond donors (Lipinski definition) is 0. The molecule has 1 fully saturated rings. The summed E-state index contributed by atoms with van der Waals surface area (Å²) in [5.41, 5.74) is 4.62. The highest BCUT2D eigenvalue weighted by Gasteiger charge is 2.27.